The van der Waals surface area contributed by atoms with Crippen molar-refractivity contribution in [2.24, 2.45) is 11.1 Å². The van der Waals surface area contributed by atoms with E-state index in [4.69, 9.17) is 18.0 Å². The van der Waals surface area contributed by atoms with Gasteiger partial charge < -0.3 is 10.8 Å². The van der Waals surface area contributed by atoms with Gasteiger partial charge >= 0.3 is 0 Å². The Morgan fingerprint density at radius 2 is 2.00 bits per heavy atom. The molecule has 0 aromatic heterocycles. The molecule has 1 fully saturated rings. The highest BCUT2D eigenvalue weighted by atomic mass is 32.1. The Kier molecular flexibility index (Phi) is 4.91. The van der Waals surface area contributed by atoms with E-state index in [9.17, 15) is 5.11 Å². The minimum Gasteiger partial charge on any atom is -0.395 e. The Morgan fingerprint density at radius 1 is 1.32 bits per heavy atom. The van der Waals surface area contributed by atoms with Crippen LogP contribution in [0, 0.1) is 5.41 Å². The van der Waals surface area contributed by atoms with Crippen LogP contribution in [-0.2, 0) is 6.54 Å². The number of thiocarbonyl (C=S) groups is 1. The molecule has 0 unspecified atom stereocenters. The Hall–Kier alpha value is -0.970. The molecule has 0 saturated heterocycles. The maximum atomic E-state index is 9.22. The van der Waals surface area contributed by atoms with Crippen molar-refractivity contribution in [3.05, 3.63) is 35.9 Å². The maximum Gasteiger partial charge on any atom is 0.0733 e. The van der Waals surface area contributed by atoms with Crippen molar-refractivity contribution in [2.45, 2.75) is 25.8 Å². The molecule has 1 aromatic rings. The Bertz CT molecular complexity index is 417. The van der Waals surface area contributed by atoms with Crippen LogP contribution in [0.15, 0.2) is 30.3 Å². The van der Waals surface area contributed by atoms with Crippen molar-refractivity contribution < 1.29 is 5.11 Å². The predicted molar refractivity (Wildman–Crippen MR) is 81.9 cm³/mol. The van der Waals surface area contributed by atoms with Gasteiger partial charge in [-0.1, -0.05) is 42.5 Å². The lowest BCUT2D eigenvalue weighted by molar-refractivity contribution is 0.164. The molecule has 0 spiro atoms. The summed E-state index contributed by atoms with van der Waals surface area (Å²) in [4.78, 5) is 2.92. The fourth-order valence-electron chi connectivity index (χ4n) is 2.61. The molecule has 0 amide bonds. The standard InChI is InChI=1S/C15H22N2OS/c16-14(19)10-15(6-7-15)12-17(8-9-18)11-13-4-2-1-3-5-13/h1-5,18H,6-12H2,(H2,16,19). The summed E-state index contributed by atoms with van der Waals surface area (Å²) < 4.78 is 0. The summed E-state index contributed by atoms with van der Waals surface area (Å²) in [6.07, 6.45) is 3.22. The molecular formula is C15H22N2OS. The molecule has 0 radical (unpaired) electrons. The van der Waals surface area contributed by atoms with E-state index in [2.05, 4.69) is 17.0 Å². The summed E-state index contributed by atoms with van der Waals surface area (Å²) in [5.74, 6) is 0. The van der Waals surface area contributed by atoms with Gasteiger partial charge in [-0.15, -0.1) is 0 Å². The molecule has 3 N–H and O–H groups in total. The van der Waals surface area contributed by atoms with Gasteiger partial charge in [-0.3, -0.25) is 4.90 Å². The van der Waals surface area contributed by atoms with Crippen LogP contribution in [0.25, 0.3) is 0 Å². The van der Waals surface area contributed by atoms with Crippen molar-refractivity contribution in [1.29, 1.82) is 0 Å². The second kappa shape index (κ2) is 6.46. The van der Waals surface area contributed by atoms with E-state index in [1.807, 2.05) is 18.2 Å². The van der Waals surface area contributed by atoms with E-state index in [0.29, 0.717) is 11.5 Å². The van der Waals surface area contributed by atoms with Gasteiger partial charge in [0.2, 0.25) is 0 Å². The molecule has 104 valence electrons. The van der Waals surface area contributed by atoms with E-state index < -0.39 is 0 Å². The summed E-state index contributed by atoms with van der Waals surface area (Å²) >= 11 is 5.04. The van der Waals surface area contributed by atoms with Crippen LogP contribution in [0.3, 0.4) is 0 Å². The van der Waals surface area contributed by atoms with Crippen LogP contribution in [-0.4, -0.2) is 34.7 Å². The third-order valence-corrected chi connectivity index (χ3v) is 3.87. The van der Waals surface area contributed by atoms with Crippen LogP contribution >= 0.6 is 12.2 Å². The predicted octanol–water partition coefficient (Wildman–Crippen LogP) is 1.94. The quantitative estimate of drug-likeness (QED) is 0.714. The average molecular weight is 278 g/mol. The molecule has 1 aromatic carbocycles. The van der Waals surface area contributed by atoms with Gasteiger partial charge in [-0.05, 0) is 23.8 Å². The monoisotopic (exact) mass is 278 g/mol. The fourth-order valence-corrected chi connectivity index (χ4v) is 2.91. The van der Waals surface area contributed by atoms with Crippen molar-refractivity contribution in [1.82, 2.24) is 4.90 Å². The van der Waals surface area contributed by atoms with Gasteiger partial charge in [0.25, 0.3) is 0 Å². The third-order valence-electron chi connectivity index (χ3n) is 3.73. The van der Waals surface area contributed by atoms with Crippen LogP contribution in [0.1, 0.15) is 24.8 Å². The fraction of sp³-hybridized carbons (Fsp3) is 0.533. The lowest BCUT2D eigenvalue weighted by Gasteiger charge is -2.26. The number of benzene rings is 1. The first-order chi connectivity index (χ1) is 9.13. The van der Waals surface area contributed by atoms with E-state index >= 15 is 0 Å². The minimum atomic E-state index is 0.190. The molecule has 2 rings (SSSR count). The van der Waals surface area contributed by atoms with Gasteiger partial charge in [0.1, 0.15) is 0 Å². The van der Waals surface area contributed by atoms with Gasteiger partial charge in [-0.2, -0.15) is 0 Å². The molecule has 19 heavy (non-hydrogen) atoms. The van der Waals surface area contributed by atoms with E-state index in [1.54, 1.807) is 0 Å². The topological polar surface area (TPSA) is 49.5 Å². The number of nitrogens with zero attached hydrogens (tertiary/aromatic N) is 1. The number of aliphatic hydroxyl groups excluding tert-OH is 1. The highest BCUT2D eigenvalue weighted by Crippen LogP contribution is 2.49. The highest BCUT2D eigenvalue weighted by molar-refractivity contribution is 7.80. The maximum absolute atomic E-state index is 9.22. The van der Waals surface area contributed by atoms with Crippen LogP contribution in [0.4, 0.5) is 0 Å². The first-order valence-corrected chi connectivity index (χ1v) is 7.20. The van der Waals surface area contributed by atoms with Crippen molar-refractivity contribution in [3.8, 4) is 0 Å². The molecule has 3 nitrogen and oxygen atoms in total. The number of aliphatic hydroxyl groups is 1. The zero-order chi connectivity index (χ0) is 13.7. The Morgan fingerprint density at radius 3 is 2.53 bits per heavy atom. The highest BCUT2D eigenvalue weighted by Gasteiger charge is 2.43. The molecule has 1 saturated carbocycles. The normalized spacial score (nSPS) is 16.5. The van der Waals surface area contributed by atoms with Crippen LogP contribution < -0.4 is 5.73 Å². The van der Waals surface area contributed by atoms with Gasteiger partial charge in [-0.25, -0.2) is 0 Å². The second-order valence-corrected chi connectivity index (χ2v) is 6.09. The average Bonchev–Trinajstić information content (AvgIpc) is 3.09. The molecule has 0 bridgehead atoms. The van der Waals surface area contributed by atoms with Gasteiger partial charge in [0, 0.05) is 26.1 Å². The number of hydrogen-bond acceptors (Lipinski definition) is 3. The minimum absolute atomic E-state index is 0.190. The Labute approximate surface area is 120 Å². The summed E-state index contributed by atoms with van der Waals surface area (Å²) in [5, 5.41) is 9.22. The van der Waals surface area contributed by atoms with Crippen LogP contribution in [0.5, 0.6) is 0 Å². The molecule has 0 atom stereocenters. The largest absolute Gasteiger partial charge is 0.395 e. The lowest BCUT2D eigenvalue weighted by Crippen LogP contribution is -2.34. The molecule has 1 aliphatic rings. The van der Waals surface area contributed by atoms with Crippen molar-refractivity contribution in [2.75, 3.05) is 19.7 Å². The first kappa shape index (κ1) is 14.4. The molecular weight excluding hydrogens is 256 g/mol. The SMILES string of the molecule is NC(=S)CC1(CN(CCO)Cc2ccccc2)CC1. The Balaban J connectivity index is 1.95. The van der Waals surface area contributed by atoms with Gasteiger partial charge in [0.15, 0.2) is 0 Å². The summed E-state index contributed by atoms with van der Waals surface area (Å²) in [6, 6.07) is 10.4. The first-order valence-electron chi connectivity index (χ1n) is 6.79. The number of nitrogens with two attached hydrogens (primary N) is 1. The molecule has 0 heterocycles. The van der Waals surface area contributed by atoms with E-state index in [0.717, 1.165) is 19.5 Å². The summed E-state index contributed by atoms with van der Waals surface area (Å²) in [6.45, 7) is 2.74. The zero-order valence-corrected chi connectivity index (χ0v) is 12.0. The lowest BCUT2D eigenvalue weighted by atomic mass is 10.0. The van der Waals surface area contributed by atoms with E-state index in [1.165, 1.54) is 18.4 Å². The third kappa shape index (κ3) is 4.56. The van der Waals surface area contributed by atoms with Crippen molar-refractivity contribution in [3.63, 3.8) is 0 Å². The summed E-state index contributed by atoms with van der Waals surface area (Å²) in [5.41, 5.74) is 7.24. The zero-order valence-electron chi connectivity index (χ0n) is 11.2. The number of rotatable bonds is 8. The number of hydrogen-bond donors (Lipinski definition) is 2. The molecule has 4 heteroatoms. The van der Waals surface area contributed by atoms with Gasteiger partial charge in [0.05, 0.1) is 11.6 Å². The smallest absolute Gasteiger partial charge is 0.0733 e. The van der Waals surface area contributed by atoms with E-state index in [-0.39, 0.29) is 12.0 Å². The molecule has 1 aliphatic carbocycles. The van der Waals surface area contributed by atoms with Crippen LogP contribution in [0.2, 0.25) is 0 Å². The van der Waals surface area contributed by atoms with Crippen molar-refractivity contribution >= 4 is 17.2 Å². The second-order valence-electron chi connectivity index (χ2n) is 5.56. The summed E-state index contributed by atoms with van der Waals surface area (Å²) in [7, 11) is 0. The molecule has 0 aliphatic heterocycles.